The summed E-state index contributed by atoms with van der Waals surface area (Å²) < 4.78 is 27.2. The van der Waals surface area contributed by atoms with Crippen molar-refractivity contribution in [3.05, 3.63) is 63.7 Å². The zero-order valence-corrected chi connectivity index (χ0v) is 17.1. The largest absolute Gasteiger partial charge is 0.326 e. The molecule has 0 aromatic heterocycles. The number of piperidine rings is 1. The van der Waals surface area contributed by atoms with Gasteiger partial charge in [0.05, 0.1) is 21.5 Å². The van der Waals surface area contributed by atoms with Crippen molar-refractivity contribution < 1.29 is 18.1 Å². The van der Waals surface area contributed by atoms with E-state index in [9.17, 15) is 23.3 Å². The molecule has 0 unspecified atom stereocenters. The van der Waals surface area contributed by atoms with Gasteiger partial charge in [-0.1, -0.05) is 6.07 Å². The van der Waals surface area contributed by atoms with Crippen molar-refractivity contribution in [2.45, 2.75) is 24.7 Å². The Bertz CT molecular complexity index is 1110. The number of carbonyl (C=O) groups excluding carboxylic acids is 1. The van der Waals surface area contributed by atoms with E-state index in [1.807, 2.05) is 6.07 Å². The molecule has 10 heteroatoms. The number of amides is 1. The van der Waals surface area contributed by atoms with Gasteiger partial charge in [0, 0.05) is 36.8 Å². The number of rotatable bonds is 5. The van der Waals surface area contributed by atoms with Crippen LogP contribution in [0.5, 0.6) is 0 Å². The summed E-state index contributed by atoms with van der Waals surface area (Å²) in [7, 11) is -3.90. The van der Waals surface area contributed by atoms with Gasteiger partial charge in [0.2, 0.25) is 15.9 Å². The summed E-state index contributed by atoms with van der Waals surface area (Å²) in [6.07, 6.45) is 0.685. The lowest BCUT2D eigenvalue weighted by Crippen LogP contribution is -2.41. The molecule has 2 aromatic carbocycles. The van der Waals surface area contributed by atoms with Crippen LogP contribution in [0.2, 0.25) is 0 Å². The van der Waals surface area contributed by atoms with Crippen LogP contribution in [0.15, 0.2) is 47.4 Å². The Morgan fingerprint density at radius 1 is 1.20 bits per heavy atom. The molecular formula is C20H20N4O5S. The number of anilines is 1. The highest BCUT2D eigenvalue weighted by Gasteiger charge is 2.33. The van der Waals surface area contributed by atoms with E-state index in [0.717, 1.165) is 6.07 Å². The first kappa shape index (κ1) is 21.4. The predicted octanol–water partition coefficient (Wildman–Crippen LogP) is 2.81. The van der Waals surface area contributed by atoms with Crippen LogP contribution in [0, 0.1) is 34.3 Å². The molecule has 1 fully saturated rings. The number of benzene rings is 2. The first-order valence-electron chi connectivity index (χ1n) is 9.28. The molecule has 156 valence electrons. The molecule has 0 saturated carbocycles. The van der Waals surface area contributed by atoms with Gasteiger partial charge in [-0.15, -0.1) is 0 Å². The second-order valence-electron chi connectivity index (χ2n) is 7.06. The maximum absolute atomic E-state index is 13.0. The lowest BCUT2D eigenvalue weighted by atomic mass is 9.97. The maximum atomic E-state index is 13.0. The number of nitrogens with one attached hydrogen (secondary N) is 1. The fraction of sp³-hybridized carbons (Fsp3) is 0.300. The molecule has 1 saturated heterocycles. The van der Waals surface area contributed by atoms with Crippen LogP contribution in [0.1, 0.15) is 24.0 Å². The van der Waals surface area contributed by atoms with E-state index in [1.165, 1.54) is 16.4 Å². The monoisotopic (exact) mass is 428 g/mol. The van der Waals surface area contributed by atoms with E-state index in [0.29, 0.717) is 29.7 Å². The molecule has 3 rings (SSSR count). The van der Waals surface area contributed by atoms with Crippen LogP contribution in [0.3, 0.4) is 0 Å². The van der Waals surface area contributed by atoms with Gasteiger partial charge in [0.25, 0.3) is 5.69 Å². The molecule has 0 radical (unpaired) electrons. The van der Waals surface area contributed by atoms with Crippen molar-refractivity contribution in [3.63, 3.8) is 0 Å². The van der Waals surface area contributed by atoms with Crippen LogP contribution in [-0.4, -0.2) is 36.6 Å². The quantitative estimate of drug-likeness (QED) is 0.575. The fourth-order valence-electron chi connectivity index (χ4n) is 3.35. The number of carbonyl (C=O) groups is 1. The highest BCUT2D eigenvalue weighted by Crippen LogP contribution is 2.28. The van der Waals surface area contributed by atoms with Crippen molar-refractivity contribution in [3.8, 4) is 6.07 Å². The number of hydrogen-bond acceptors (Lipinski definition) is 6. The van der Waals surface area contributed by atoms with Crippen LogP contribution < -0.4 is 5.32 Å². The lowest BCUT2D eigenvalue weighted by molar-refractivity contribution is -0.385. The Balaban J connectivity index is 1.67. The number of nitrogens with zero attached hydrogens (tertiary/aromatic N) is 3. The second kappa shape index (κ2) is 8.61. The van der Waals surface area contributed by atoms with Crippen LogP contribution in [-0.2, 0) is 14.8 Å². The molecule has 0 atom stereocenters. The standard InChI is InChI=1S/C20H20N4O5S/c1-14-2-7-18(24(26)27)12-19(14)30(28,29)23-10-8-16(9-11-23)20(25)22-17-5-3-15(13-21)4-6-17/h2-7,12,16H,8-11H2,1H3,(H,22,25). The van der Waals surface area contributed by atoms with Crippen molar-refractivity contribution in [1.82, 2.24) is 4.31 Å². The van der Waals surface area contributed by atoms with Gasteiger partial charge in [-0.05, 0) is 49.6 Å². The third-order valence-corrected chi connectivity index (χ3v) is 7.15. The molecule has 2 aromatic rings. The number of nitro groups is 1. The SMILES string of the molecule is Cc1ccc([N+](=O)[O-])cc1S(=O)(=O)N1CCC(C(=O)Nc2ccc(C#N)cc2)CC1. The third-order valence-electron chi connectivity index (χ3n) is 5.11. The van der Waals surface area contributed by atoms with Gasteiger partial charge in [-0.3, -0.25) is 14.9 Å². The topological polar surface area (TPSA) is 133 Å². The van der Waals surface area contributed by atoms with Gasteiger partial charge in [-0.2, -0.15) is 9.57 Å². The molecule has 1 aliphatic rings. The first-order valence-corrected chi connectivity index (χ1v) is 10.7. The normalized spacial score (nSPS) is 15.3. The van der Waals surface area contributed by atoms with Gasteiger partial charge >= 0.3 is 0 Å². The van der Waals surface area contributed by atoms with Crippen LogP contribution in [0.4, 0.5) is 11.4 Å². The van der Waals surface area contributed by atoms with E-state index in [-0.39, 0.29) is 35.5 Å². The number of aryl methyl sites for hydroxylation is 1. The van der Waals surface area contributed by atoms with E-state index < -0.39 is 14.9 Å². The Hall–Kier alpha value is -3.29. The Morgan fingerprint density at radius 2 is 1.83 bits per heavy atom. The summed E-state index contributed by atoms with van der Waals surface area (Å²) in [5.74, 6) is -0.554. The molecule has 0 spiro atoms. The molecule has 1 N–H and O–H groups in total. The van der Waals surface area contributed by atoms with Gasteiger partial charge in [-0.25, -0.2) is 8.42 Å². The second-order valence-corrected chi connectivity index (χ2v) is 8.97. The average Bonchev–Trinajstić information content (AvgIpc) is 2.74. The Kier molecular flexibility index (Phi) is 6.14. The maximum Gasteiger partial charge on any atom is 0.270 e. The minimum absolute atomic E-state index is 0.0859. The van der Waals surface area contributed by atoms with E-state index >= 15 is 0 Å². The molecule has 0 bridgehead atoms. The molecule has 0 aliphatic carbocycles. The minimum atomic E-state index is -3.90. The minimum Gasteiger partial charge on any atom is -0.326 e. The van der Waals surface area contributed by atoms with Gasteiger partial charge in [0.1, 0.15) is 0 Å². The number of hydrogen-bond donors (Lipinski definition) is 1. The first-order chi connectivity index (χ1) is 14.2. The van der Waals surface area contributed by atoms with Crippen molar-refractivity contribution >= 4 is 27.3 Å². The summed E-state index contributed by atoms with van der Waals surface area (Å²) >= 11 is 0. The number of nitriles is 1. The molecule has 1 heterocycles. The van der Waals surface area contributed by atoms with E-state index in [4.69, 9.17) is 5.26 Å². The molecule has 9 nitrogen and oxygen atoms in total. The molecule has 30 heavy (non-hydrogen) atoms. The lowest BCUT2D eigenvalue weighted by Gasteiger charge is -2.30. The molecular weight excluding hydrogens is 408 g/mol. The number of non-ortho nitro benzene ring substituents is 1. The van der Waals surface area contributed by atoms with E-state index in [2.05, 4.69) is 5.32 Å². The Morgan fingerprint density at radius 3 is 2.40 bits per heavy atom. The Labute approximate surface area is 174 Å². The summed E-state index contributed by atoms with van der Waals surface area (Å²) in [6.45, 7) is 1.89. The average molecular weight is 428 g/mol. The predicted molar refractivity (Wildman–Crippen MR) is 109 cm³/mol. The van der Waals surface area contributed by atoms with Crippen molar-refractivity contribution in [1.29, 1.82) is 5.26 Å². The number of nitro benzene ring substituents is 1. The van der Waals surface area contributed by atoms with Crippen molar-refractivity contribution in [2.24, 2.45) is 5.92 Å². The van der Waals surface area contributed by atoms with Gasteiger partial charge in [0.15, 0.2) is 0 Å². The smallest absolute Gasteiger partial charge is 0.270 e. The van der Waals surface area contributed by atoms with Crippen LogP contribution >= 0.6 is 0 Å². The summed E-state index contributed by atoms with van der Waals surface area (Å²) in [6, 6.07) is 12.3. The third kappa shape index (κ3) is 4.48. The molecule has 1 aliphatic heterocycles. The van der Waals surface area contributed by atoms with E-state index in [1.54, 1.807) is 31.2 Å². The summed E-state index contributed by atoms with van der Waals surface area (Å²) in [5, 5.41) is 22.6. The van der Waals surface area contributed by atoms with Gasteiger partial charge < -0.3 is 5.32 Å². The summed E-state index contributed by atoms with van der Waals surface area (Å²) in [5.41, 5.74) is 1.21. The highest BCUT2D eigenvalue weighted by atomic mass is 32.2. The number of sulfonamides is 1. The van der Waals surface area contributed by atoms with Crippen molar-refractivity contribution in [2.75, 3.05) is 18.4 Å². The molecule has 1 amide bonds. The zero-order valence-electron chi connectivity index (χ0n) is 16.2. The zero-order chi connectivity index (χ0) is 21.9. The highest BCUT2D eigenvalue weighted by molar-refractivity contribution is 7.89. The summed E-state index contributed by atoms with van der Waals surface area (Å²) in [4.78, 5) is 22.8. The van der Waals surface area contributed by atoms with Crippen LogP contribution in [0.25, 0.3) is 0 Å². The fourth-order valence-corrected chi connectivity index (χ4v) is 5.06.